The molecule has 1 N–H and O–H groups in total. The van der Waals surface area contributed by atoms with Gasteiger partial charge in [-0.2, -0.15) is 4.98 Å². The molecule has 35 heavy (non-hydrogen) atoms. The molecule has 1 fully saturated rings. The number of hydrogen-bond donors (Lipinski definition) is 1. The second-order valence-electron chi connectivity index (χ2n) is 8.35. The molecule has 0 spiro atoms. The molecule has 5 aromatic rings. The number of H-pyrrole nitrogens is 1. The van der Waals surface area contributed by atoms with E-state index in [0.29, 0.717) is 47.1 Å². The molecular formula is C25H21N7O3. The number of benzene rings is 2. The molecule has 6 rings (SSSR count). The first kappa shape index (κ1) is 21.0. The van der Waals surface area contributed by atoms with E-state index in [2.05, 4.69) is 35.0 Å². The molecule has 0 radical (unpaired) electrons. The highest BCUT2D eigenvalue weighted by atomic mass is 16.5. The maximum atomic E-state index is 12.9. The fraction of sp³-hybridized carbons (Fsp3) is 0.200. The highest BCUT2D eigenvalue weighted by Gasteiger charge is 2.31. The third-order valence-corrected chi connectivity index (χ3v) is 5.96. The molecule has 0 aliphatic carbocycles. The van der Waals surface area contributed by atoms with E-state index < -0.39 is 0 Å². The molecule has 10 heteroatoms. The Bertz CT molecular complexity index is 1480. The Morgan fingerprint density at radius 3 is 2.71 bits per heavy atom. The summed E-state index contributed by atoms with van der Waals surface area (Å²) in [7, 11) is 0. The van der Waals surface area contributed by atoms with Crippen molar-refractivity contribution in [2.75, 3.05) is 18.0 Å². The van der Waals surface area contributed by atoms with Crippen molar-refractivity contribution in [2.24, 2.45) is 0 Å². The topological polar surface area (TPSA) is 123 Å². The van der Waals surface area contributed by atoms with Gasteiger partial charge in [0, 0.05) is 31.0 Å². The van der Waals surface area contributed by atoms with Gasteiger partial charge in [0.25, 0.3) is 5.88 Å². The Morgan fingerprint density at radius 1 is 1.09 bits per heavy atom. The molecule has 0 amide bonds. The summed E-state index contributed by atoms with van der Waals surface area (Å²) in [6.45, 7) is 3.26. The number of para-hydroxylation sites is 2. The number of carbonyl (C=O) groups excluding carboxylic acids is 1. The Labute approximate surface area is 200 Å². The predicted molar refractivity (Wildman–Crippen MR) is 127 cm³/mol. The van der Waals surface area contributed by atoms with E-state index in [1.54, 1.807) is 36.7 Å². The summed E-state index contributed by atoms with van der Waals surface area (Å²) in [5, 5.41) is 3.89. The van der Waals surface area contributed by atoms with Crippen LogP contribution >= 0.6 is 0 Å². The number of rotatable bonds is 6. The zero-order valence-electron chi connectivity index (χ0n) is 18.9. The van der Waals surface area contributed by atoms with Crippen LogP contribution in [0.3, 0.4) is 0 Å². The summed E-state index contributed by atoms with van der Waals surface area (Å²) in [6.07, 6.45) is 4.10. The van der Waals surface area contributed by atoms with E-state index in [9.17, 15) is 4.79 Å². The van der Waals surface area contributed by atoms with Crippen LogP contribution in [0.4, 0.5) is 5.82 Å². The lowest BCUT2D eigenvalue weighted by Gasteiger charge is -2.19. The van der Waals surface area contributed by atoms with Crippen molar-refractivity contribution in [2.45, 2.75) is 19.3 Å². The third-order valence-electron chi connectivity index (χ3n) is 5.96. The van der Waals surface area contributed by atoms with Crippen LogP contribution in [-0.2, 0) is 0 Å². The number of ether oxygens (including phenoxy) is 1. The zero-order chi connectivity index (χ0) is 23.8. The molecule has 0 bridgehead atoms. The van der Waals surface area contributed by atoms with E-state index in [1.165, 1.54) is 0 Å². The second kappa shape index (κ2) is 8.64. The quantitative estimate of drug-likeness (QED) is 0.368. The van der Waals surface area contributed by atoms with E-state index >= 15 is 0 Å². The van der Waals surface area contributed by atoms with Gasteiger partial charge in [0.15, 0.2) is 17.5 Å². The number of carbonyl (C=O) groups is 1. The van der Waals surface area contributed by atoms with Crippen molar-refractivity contribution in [3.8, 4) is 11.6 Å². The van der Waals surface area contributed by atoms with Gasteiger partial charge in [-0.3, -0.25) is 4.79 Å². The number of nitrogens with zero attached hydrogens (tertiary/aromatic N) is 6. The number of aromatic amines is 1. The Kier molecular flexibility index (Phi) is 5.17. The van der Waals surface area contributed by atoms with Gasteiger partial charge in [-0.25, -0.2) is 15.0 Å². The Hall–Kier alpha value is -4.60. The molecule has 2 aromatic carbocycles. The van der Waals surface area contributed by atoms with Crippen LogP contribution in [0.2, 0.25) is 0 Å². The van der Waals surface area contributed by atoms with Gasteiger partial charge in [0.2, 0.25) is 11.7 Å². The lowest BCUT2D eigenvalue weighted by atomic mass is 10.1. The molecule has 174 valence electrons. The molecule has 0 unspecified atom stereocenters. The van der Waals surface area contributed by atoms with Crippen LogP contribution in [0, 0.1) is 6.92 Å². The van der Waals surface area contributed by atoms with Crippen molar-refractivity contribution >= 4 is 22.6 Å². The van der Waals surface area contributed by atoms with Gasteiger partial charge in [-0.15, -0.1) is 0 Å². The van der Waals surface area contributed by atoms with Crippen molar-refractivity contribution < 1.29 is 14.1 Å². The van der Waals surface area contributed by atoms with Gasteiger partial charge < -0.3 is 19.1 Å². The van der Waals surface area contributed by atoms with Crippen LogP contribution in [0.5, 0.6) is 11.6 Å². The summed E-state index contributed by atoms with van der Waals surface area (Å²) in [5.74, 6) is 3.11. The maximum Gasteiger partial charge on any atom is 0.263 e. The number of anilines is 1. The summed E-state index contributed by atoms with van der Waals surface area (Å²) in [4.78, 5) is 35.7. The highest BCUT2D eigenvalue weighted by Crippen LogP contribution is 2.34. The SMILES string of the molecule is Cc1noc([C@@H]2CCN(c3nccnc3Oc3ccc(C(=O)c4nc5ccccc5[nH]4)cc3)C2)n1. The van der Waals surface area contributed by atoms with E-state index in [1.807, 2.05) is 31.2 Å². The predicted octanol–water partition coefficient (Wildman–Crippen LogP) is 4.06. The van der Waals surface area contributed by atoms with E-state index in [0.717, 1.165) is 24.0 Å². The summed E-state index contributed by atoms with van der Waals surface area (Å²) in [6, 6.07) is 14.4. The number of hydrogen-bond acceptors (Lipinski definition) is 9. The van der Waals surface area contributed by atoms with E-state index in [-0.39, 0.29) is 11.7 Å². The lowest BCUT2D eigenvalue weighted by Crippen LogP contribution is -2.21. The van der Waals surface area contributed by atoms with Crippen LogP contribution in [0.15, 0.2) is 65.4 Å². The van der Waals surface area contributed by atoms with Gasteiger partial charge in [-0.1, -0.05) is 17.3 Å². The molecule has 1 atom stereocenters. The summed E-state index contributed by atoms with van der Waals surface area (Å²) >= 11 is 0. The maximum absolute atomic E-state index is 12.9. The minimum absolute atomic E-state index is 0.134. The Morgan fingerprint density at radius 2 is 1.91 bits per heavy atom. The fourth-order valence-electron chi connectivity index (χ4n) is 4.22. The molecule has 4 heterocycles. The minimum atomic E-state index is -0.188. The summed E-state index contributed by atoms with van der Waals surface area (Å²) in [5.41, 5.74) is 2.08. The average Bonchev–Trinajstić information content (AvgIpc) is 3.64. The van der Waals surface area contributed by atoms with Crippen molar-refractivity contribution in [3.05, 3.63) is 84.0 Å². The zero-order valence-corrected chi connectivity index (χ0v) is 18.9. The standard InChI is InChI=1S/C25H21N7O3/c1-15-28-24(35-31-15)17-10-13-32(14-17)23-25(27-12-11-26-23)34-18-8-6-16(7-9-18)21(33)22-29-19-4-2-3-5-20(19)30-22/h2-9,11-12,17H,10,13-14H2,1H3,(H,29,30)/t17-/m1/s1. The first-order valence-corrected chi connectivity index (χ1v) is 11.3. The first-order chi connectivity index (χ1) is 17.1. The average molecular weight is 467 g/mol. The normalized spacial score (nSPS) is 15.6. The van der Waals surface area contributed by atoms with Crippen molar-refractivity contribution in [3.63, 3.8) is 0 Å². The molecular weight excluding hydrogens is 446 g/mol. The number of fused-ring (bicyclic) bond motifs is 1. The number of ketones is 1. The molecule has 1 saturated heterocycles. The van der Waals surface area contributed by atoms with Crippen LogP contribution in [-0.4, -0.2) is 48.9 Å². The lowest BCUT2D eigenvalue weighted by molar-refractivity contribution is 0.103. The number of aryl methyl sites for hydroxylation is 1. The number of nitrogens with one attached hydrogen (secondary N) is 1. The molecule has 0 saturated carbocycles. The van der Waals surface area contributed by atoms with Gasteiger partial charge in [0.05, 0.1) is 17.0 Å². The van der Waals surface area contributed by atoms with Gasteiger partial charge in [0.1, 0.15) is 5.75 Å². The van der Waals surface area contributed by atoms with Crippen molar-refractivity contribution in [1.82, 2.24) is 30.1 Å². The van der Waals surface area contributed by atoms with E-state index in [4.69, 9.17) is 9.26 Å². The van der Waals surface area contributed by atoms with Crippen molar-refractivity contribution in [1.29, 1.82) is 0 Å². The molecule has 3 aromatic heterocycles. The minimum Gasteiger partial charge on any atom is -0.436 e. The first-order valence-electron chi connectivity index (χ1n) is 11.3. The van der Waals surface area contributed by atoms with Gasteiger partial charge >= 0.3 is 0 Å². The smallest absolute Gasteiger partial charge is 0.263 e. The molecule has 10 nitrogen and oxygen atoms in total. The summed E-state index contributed by atoms with van der Waals surface area (Å²) < 4.78 is 11.4. The Balaban J connectivity index is 1.18. The van der Waals surface area contributed by atoms with Crippen LogP contribution in [0.25, 0.3) is 11.0 Å². The van der Waals surface area contributed by atoms with Crippen LogP contribution < -0.4 is 9.64 Å². The van der Waals surface area contributed by atoms with Crippen LogP contribution in [0.1, 0.15) is 40.2 Å². The fourth-order valence-corrected chi connectivity index (χ4v) is 4.22. The number of aromatic nitrogens is 6. The highest BCUT2D eigenvalue weighted by molar-refractivity contribution is 6.08. The molecule has 1 aliphatic rings. The monoisotopic (exact) mass is 467 g/mol. The number of imidazole rings is 1. The third kappa shape index (κ3) is 4.10. The van der Waals surface area contributed by atoms with Gasteiger partial charge in [-0.05, 0) is 49.7 Å². The second-order valence-corrected chi connectivity index (χ2v) is 8.35. The largest absolute Gasteiger partial charge is 0.436 e. The molecule has 1 aliphatic heterocycles.